The maximum absolute atomic E-state index is 14.6. The average Bonchev–Trinajstić information content (AvgIpc) is 3.49. The van der Waals surface area contributed by atoms with E-state index in [-0.39, 0.29) is 23.7 Å². The van der Waals surface area contributed by atoms with Crippen LogP contribution < -0.4 is 10.2 Å². The minimum absolute atomic E-state index is 0.0995. The molecule has 1 unspecified atom stereocenters. The van der Waals surface area contributed by atoms with Crippen LogP contribution >= 0.6 is 0 Å². The smallest absolute Gasteiger partial charge is 0.225 e. The van der Waals surface area contributed by atoms with Crippen molar-refractivity contribution in [3.05, 3.63) is 35.9 Å². The van der Waals surface area contributed by atoms with Crippen LogP contribution in [0.3, 0.4) is 0 Å². The number of amides is 1. The van der Waals surface area contributed by atoms with Gasteiger partial charge in [-0.2, -0.15) is 5.26 Å². The van der Waals surface area contributed by atoms with E-state index >= 15 is 0 Å². The molecule has 0 spiro atoms. The summed E-state index contributed by atoms with van der Waals surface area (Å²) in [6.45, 7) is 7.21. The van der Waals surface area contributed by atoms with Crippen LogP contribution in [-0.4, -0.2) is 51.4 Å². The first-order chi connectivity index (χ1) is 17.9. The normalized spacial score (nSPS) is 26.4. The second-order valence-electron chi connectivity index (χ2n) is 12.0. The van der Waals surface area contributed by atoms with Gasteiger partial charge in [0.1, 0.15) is 11.7 Å². The van der Waals surface area contributed by atoms with Gasteiger partial charge in [-0.3, -0.25) is 9.57 Å². The summed E-state index contributed by atoms with van der Waals surface area (Å²) >= 11 is 0. The molecule has 1 aromatic carbocycles. The number of halogens is 1. The van der Waals surface area contributed by atoms with Gasteiger partial charge in [-0.1, -0.05) is 20.8 Å². The van der Waals surface area contributed by atoms with E-state index in [1.165, 1.54) is 0 Å². The lowest BCUT2D eigenvalue weighted by atomic mass is 9.75. The highest BCUT2D eigenvalue weighted by atomic mass is 32.2. The molecular formula is C28H36FN5O3S. The number of benzene rings is 1. The number of alkyl halides is 1. The molecule has 2 N–H and O–H groups in total. The van der Waals surface area contributed by atoms with Crippen LogP contribution in [0.4, 0.5) is 10.1 Å². The quantitative estimate of drug-likeness (QED) is 0.555. The van der Waals surface area contributed by atoms with Crippen molar-refractivity contribution in [2.45, 2.75) is 75.9 Å². The zero-order valence-corrected chi connectivity index (χ0v) is 23.1. The molecule has 1 saturated heterocycles. The molecule has 204 valence electrons. The fourth-order valence-electron chi connectivity index (χ4n) is 5.38. The van der Waals surface area contributed by atoms with Crippen LogP contribution in [-0.2, 0) is 19.9 Å². The summed E-state index contributed by atoms with van der Waals surface area (Å²) in [7, 11) is -2.47. The number of hydrogen-bond donors (Lipinski definition) is 2. The van der Waals surface area contributed by atoms with Crippen molar-refractivity contribution in [2.75, 3.05) is 29.5 Å². The Bertz CT molecular complexity index is 1340. The van der Waals surface area contributed by atoms with Gasteiger partial charge < -0.3 is 14.6 Å². The second kappa shape index (κ2) is 9.67. The Morgan fingerprint density at radius 3 is 2.47 bits per heavy atom. The van der Waals surface area contributed by atoms with Gasteiger partial charge in [-0.05, 0) is 56.4 Å². The largest absolute Gasteiger partial charge is 0.440 e. The molecule has 8 nitrogen and oxygen atoms in total. The topological polar surface area (TPSA) is 123 Å². The van der Waals surface area contributed by atoms with Gasteiger partial charge in [0.05, 0.1) is 11.8 Å². The molecule has 3 atom stereocenters. The number of nitrogens with one attached hydrogen (secondary N) is 2. The molecule has 2 aliphatic carbocycles. The number of nitrogens with zero attached hydrogens (tertiary/aromatic N) is 3. The Morgan fingerprint density at radius 1 is 1.24 bits per heavy atom. The second-order valence-corrected chi connectivity index (χ2v) is 14.5. The maximum Gasteiger partial charge on any atom is 0.225 e. The third-order valence-corrected chi connectivity index (χ3v) is 9.66. The molecule has 2 aromatic rings. The van der Waals surface area contributed by atoms with Gasteiger partial charge in [0.15, 0.2) is 5.76 Å². The number of aromatic nitrogens is 1. The third kappa shape index (κ3) is 5.44. The van der Waals surface area contributed by atoms with E-state index in [0.717, 1.165) is 11.3 Å². The van der Waals surface area contributed by atoms with Crippen molar-refractivity contribution < 1.29 is 17.8 Å². The fourth-order valence-corrected chi connectivity index (χ4v) is 6.61. The van der Waals surface area contributed by atoms with Crippen molar-refractivity contribution in [2.24, 2.45) is 5.92 Å². The summed E-state index contributed by atoms with van der Waals surface area (Å²) in [5, 5.41) is 12.4. The van der Waals surface area contributed by atoms with Gasteiger partial charge in [0.25, 0.3) is 0 Å². The lowest BCUT2D eigenvalue weighted by molar-refractivity contribution is -0.128. The number of hydrogen-bond acceptors (Lipinski definition) is 7. The minimum atomic E-state index is -2.47. The summed E-state index contributed by atoms with van der Waals surface area (Å²) in [5.41, 5.74) is 1.31. The number of carbonyl (C=O) groups excluding carboxylic acids is 1. The Balaban J connectivity index is 1.47. The molecule has 38 heavy (non-hydrogen) atoms. The van der Waals surface area contributed by atoms with Gasteiger partial charge in [-0.25, -0.2) is 13.6 Å². The molecule has 0 radical (unpaired) electrons. The van der Waals surface area contributed by atoms with E-state index in [0.29, 0.717) is 67.6 Å². The third-order valence-electron chi connectivity index (χ3n) is 7.97. The van der Waals surface area contributed by atoms with Crippen molar-refractivity contribution in [1.82, 2.24) is 10.3 Å². The molecule has 5 rings (SSSR count). The number of oxazole rings is 1. The average molecular weight is 542 g/mol. The van der Waals surface area contributed by atoms with Crippen molar-refractivity contribution in [1.29, 1.82) is 10.0 Å². The van der Waals surface area contributed by atoms with E-state index in [4.69, 9.17) is 14.2 Å². The monoisotopic (exact) mass is 541 g/mol. The van der Waals surface area contributed by atoms with Gasteiger partial charge in [0, 0.05) is 62.8 Å². The Morgan fingerprint density at radius 2 is 1.89 bits per heavy atom. The highest BCUT2D eigenvalue weighted by Crippen LogP contribution is 2.45. The fraction of sp³-hybridized carbons (Fsp3) is 0.607. The van der Waals surface area contributed by atoms with Crippen LogP contribution in [0, 0.1) is 22.0 Å². The summed E-state index contributed by atoms with van der Waals surface area (Å²) < 4.78 is 40.8. The maximum atomic E-state index is 14.6. The lowest BCUT2D eigenvalue weighted by Crippen LogP contribution is -2.44. The number of anilines is 1. The predicted molar refractivity (Wildman–Crippen MR) is 144 cm³/mol. The molecule has 10 heteroatoms. The van der Waals surface area contributed by atoms with Crippen molar-refractivity contribution in [3.63, 3.8) is 0 Å². The van der Waals surface area contributed by atoms with E-state index in [1.54, 1.807) is 0 Å². The van der Waals surface area contributed by atoms with E-state index < -0.39 is 27.4 Å². The number of rotatable bonds is 5. The van der Waals surface area contributed by atoms with Gasteiger partial charge in [-0.15, -0.1) is 0 Å². The first kappa shape index (κ1) is 26.7. The number of carbonyl (C=O) groups is 1. The van der Waals surface area contributed by atoms with Gasteiger partial charge in [0.2, 0.25) is 11.8 Å². The first-order valence-corrected chi connectivity index (χ1v) is 15.3. The Hall–Kier alpha value is -2.93. The zero-order chi connectivity index (χ0) is 27.3. The predicted octanol–water partition coefficient (Wildman–Crippen LogP) is 4.90. The molecule has 1 aromatic heterocycles. The Kier molecular flexibility index (Phi) is 6.79. The molecule has 3 aliphatic rings. The lowest BCUT2D eigenvalue weighted by Gasteiger charge is -2.32. The first-order valence-electron chi connectivity index (χ1n) is 13.4. The van der Waals surface area contributed by atoms with Crippen LogP contribution in [0.15, 0.2) is 28.7 Å². The molecule has 2 saturated carbocycles. The van der Waals surface area contributed by atoms with Crippen molar-refractivity contribution in [3.8, 4) is 17.4 Å². The zero-order valence-electron chi connectivity index (χ0n) is 22.3. The van der Waals surface area contributed by atoms with Gasteiger partial charge >= 0.3 is 0 Å². The summed E-state index contributed by atoms with van der Waals surface area (Å²) in [6, 6.07) is 10.1. The van der Waals surface area contributed by atoms with Crippen LogP contribution in [0.1, 0.15) is 70.4 Å². The highest BCUT2D eigenvalue weighted by molar-refractivity contribution is 7.92. The molecule has 3 fully saturated rings. The standard InChI is InChI=1S/C28H36FN5O3S/c1-27(2,3)26-32-23(21-9-6-19(29)16-22(21)25(35)33-28(17-30)10-11-28)24(37-26)18-4-7-20(8-5-18)34-12-14-38(31,36)15-13-34/h4-5,7-8,19,21-22,31H,6,9-16H2,1-3H3,(H,33,35)/t19-,21+,22?/m0/s1. The summed E-state index contributed by atoms with van der Waals surface area (Å²) in [6.07, 6.45) is 1.10. The molecule has 1 amide bonds. The molecule has 1 aliphatic heterocycles. The van der Waals surface area contributed by atoms with E-state index in [9.17, 15) is 18.7 Å². The molecular weight excluding hydrogens is 505 g/mol. The SMILES string of the molecule is CC(C)(C)c1nc([C@@H]2CC[C@H](F)CC2C(=O)NC2(C#N)CC2)c(-c2ccc(N3CCS(=N)(=O)CC3)cc2)o1. The van der Waals surface area contributed by atoms with E-state index in [1.807, 2.05) is 45.0 Å². The van der Waals surface area contributed by atoms with Crippen LogP contribution in [0.5, 0.6) is 0 Å². The van der Waals surface area contributed by atoms with Crippen molar-refractivity contribution >= 4 is 21.3 Å². The van der Waals surface area contributed by atoms with E-state index in [2.05, 4.69) is 16.3 Å². The summed E-state index contributed by atoms with van der Waals surface area (Å²) in [5.74, 6) is 0.648. The Labute approximate surface area is 224 Å². The highest BCUT2D eigenvalue weighted by Gasteiger charge is 2.48. The summed E-state index contributed by atoms with van der Waals surface area (Å²) in [4.78, 5) is 20.4. The molecule has 0 bridgehead atoms. The minimum Gasteiger partial charge on any atom is -0.440 e. The number of nitriles is 1. The van der Waals surface area contributed by atoms with Crippen LogP contribution in [0.25, 0.3) is 11.3 Å². The molecule has 2 heterocycles. The van der Waals surface area contributed by atoms with Crippen LogP contribution in [0.2, 0.25) is 0 Å².